The molecule has 1 aliphatic heterocycles. The van der Waals surface area contributed by atoms with E-state index in [0.29, 0.717) is 69.6 Å². The molecule has 35 heavy (non-hydrogen) atoms. The van der Waals surface area contributed by atoms with Gasteiger partial charge in [0.15, 0.2) is 23.0 Å². The number of nitriles is 1. The van der Waals surface area contributed by atoms with Crippen LogP contribution < -0.4 is 29.6 Å². The quantitative estimate of drug-likeness (QED) is 0.353. The molecule has 0 atom stereocenters. The molecule has 180 valence electrons. The third-order valence-electron chi connectivity index (χ3n) is 5.32. The van der Waals surface area contributed by atoms with Gasteiger partial charge in [0.1, 0.15) is 6.07 Å². The second-order valence-electron chi connectivity index (χ2n) is 7.39. The lowest BCUT2D eigenvalue weighted by Crippen LogP contribution is -2.24. The fourth-order valence-electron chi connectivity index (χ4n) is 3.62. The third kappa shape index (κ3) is 4.90. The van der Waals surface area contributed by atoms with Crippen molar-refractivity contribution in [3.63, 3.8) is 0 Å². The summed E-state index contributed by atoms with van der Waals surface area (Å²) in [5.74, 6) is 1.76. The van der Waals surface area contributed by atoms with Crippen molar-refractivity contribution in [1.82, 2.24) is 10.3 Å². The molecule has 0 unspecified atom stereocenters. The van der Waals surface area contributed by atoms with E-state index in [1.165, 1.54) is 12.3 Å². The van der Waals surface area contributed by atoms with Gasteiger partial charge in [-0.1, -0.05) is 0 Å². The molecule has 0 saturated carbocycles. The van der Waals surface area contributed by atoms with Crippen molar-refractivity contribution in [2.24, 2.45) is 0 Å². The zero-order valence-corrected chi connectivity index (χ0v) is 19.5. The van der Waals surface area contributed by atoms with E-state index in [2.05, 4.69) is 21.7 Å². The van der Waals surface area contributed by atoms with Gasteiger partial charge in [-0.3, -0.25) is 9.78 Å². The molecule has 0 saturated heterocycles. The zero-order valence-electron chi connectivity index (χ0n) is 19.5. The number of anilines is 2. The van der Waals surface area contributed by atoms with Crippen molar-refractivity contribution in [2.75, 3.05) is 46.6 Å². The van der Waals surface area contributed by atoms with E-state index in [-0.39, 0.29) is 12.7 Å². The Bertz CT molecular complexity index is 1330. The lowest BCUT2D eigenvalue weighted by atomic mass is 10.1. The highest BCUT2D eigenvalue weighted by atomic mass is 16.7. The van der Waals surface area contributed by atoms with Crippen LogP contribution in [0, 0.1) is 11.3 Å². The molecule has 2 aromatic carbocycles. The zero-order chi connectivity index (χ0) is 24.8. The first kappa shape index (κ1) is 23.7. The van der Waals surface area contributed by atoms with Crippen molar-refractivity contribution in [3.05, 3.63) is 47.7 Å². The first-order valence-electron chi connectivity index (χ1n) is 10.7. The summed E-state index contributed by atoms with van der Waals surface area (Å²) in [6.45, 7) is 0.874. The minimum atomic E-state index is -0.247. The monoisotopic (exact) mass is 476 g/mol. The van der Waals surface area contributed by atoms with E-state index in [9.17, 15) is 10.1 Å². The van der Waals surface area contributed by atoms with Crippen LogP contribution in [-0.2, 0) is 9.53 Å². The molecule has 4 rings (SSSR count). The second-order valence-corrected chi connectivity index (χ2v) is 7.39. The molecule has 3 aromatic rings. The summed E-state index contributed by atoms with van der Waals surface area (Å²) >= 11 is 0. The van der Waals surface area contributed by atoms with Gasteiger partial charge in [0, 0.05) is 42.9 Å². The van der Waals surface area contributed by atoms with Crippen molar-refractivity contribution in [2.45, 2.75) is 0 Å². The van der Waals surface area contributed by atoms with E-state index >= 15 is 0 Å². The molecule has 10 nitrogen and oxygen atoms in total. The predicted octanol–water partition coefficient (Wildman–Crippen LogP) is 3.37. The maximum absolute atomic E-state index is 12.0. The van der Waals surface area contributed by atoms with Crippen LogP contribution in [0.15, 0.2) is 36.5 Å². The lowest BCUT2D eigenvalue weighted by Gasteiger charge is -2.15. The van der Waals surface area contributed by atoms with E-state index in [1.54, 1.807) is 51.7 Å². The summed E-state index contributed by atoms with van der Waals surface area (Å²) in [7, 11) is 4.66. The molecular formula is C25H24N4O6. The molecule has 0 bridgehead atoms. The van der Waals surface area contributed by atoms with Crippen molar-refractivity contribution >= 4 is 34.3 Å². The molecule has 2 N–H and O–H groups in total. The smallest absolute Gasteiger partial charge is 0.244 e. The van der Waals surface area contributed by atoms with Gasteiger partial charge in [0.25, 0.3) is 0 Å². The number of methoxy groups -OCH3 is 3. The number of pyridine rings is 1. The number of benzene rings is 2. The Labute approximate surface area is 202 Å². The Kier molecular flexibility index (Phi) is 7.18. The summed E-state index contributed by atoms with van der Waals surface area (Å²) in [6.07, 6.45) is 4.57. The minimum absolute atomic E-state index is 0.0299. The maximum atomic E-state index is 12.0. The second kappa shape index (κ2) is 10.6. The van der Waals surface area contributed by atoms with Crippen molar-refractivity contribution in [3.8, 4) is 29.1 Å². The van der Waals surface area contributed by atoms with Crippen molar-refractivity contribution in [1.29, 1.82) is 5.26 Å². The standard InChI is InChI=1S/C25H24N4O6/c1-31-9-8-27-22(30)7-5-15-4-6-18(25-24(15)34-14-35-25)29-23-16(12-26)13-28-19-11-21(33-3)20(32-2)10-17(19)23/h4-7,10-11,13H,8-9,14H2,1-3H3,(H,27,30)(H,28,29)/b7-5+. The van der Waals surface area contributed by atoms with Crippen molar-refractivity contribution < 1.29 is 28.5 Å². The highest BCUT2D eigenvalue weighted by Gasteiger charge is 2.23. The number of amides is 1. The fraction of sp³-hybridized carbons (Fsp3) is 0.240. The van der Waals surface area contributed by atoms with Gasteiger partial charge < -0.3 is 34.3 Å². The van der Waals surface area contributed by atoms with Gasteiger partial charge in [-0.2, -0.15) is 5.26 Å². The maximum Gasteiger partial charge on any atom is 0.244 e. The molecule has 2 heterocycles. The normalized spacial score (nSPS) is 11.9. The molecular weight excluding hydrogens is 452 g/mol. The number of rotatable bonds is 9. The lowest BCUT2D eigenvalue weighted by molar-refractivity contribution is -0.116. The molecule has 0 spiro atoms. The molecule has 0 aliphatic carbocycles. The third-order valence-corrected chi connectivity index (χ3v) is 5.32. The van der Waals surface area contributed by atoms with Gasteiger partial charge >= 0.3 is 0 Å². The van der Waals surface area contributed by atoms with Crippen LogP contribution in [0.4, 0.5) is 11.4 Å². The van der Waals surface area contributed by atoms with E-state index < -0.39 is 0 Å². The Morgan fingerprint density at radius 1 is 1.17 bits per heavy atom. The number of carbonyl (C=O) groups excluding carboxylic acids is 1. The van der Waals surface area contributed by atoms with Crippen LogP contribution >= 0.6 is 0 Å². The Balaban J connectivity index is 1.70. The molecule has 1 amide bonds. The van der Waals surface area contributed by atoms with Gasteiger partial charge in [-0.05, 0) is 24.3 Å². The summed E-state index contributed by atoms with van der Waals surface area (Å²) in [6, 6.07) is 9.28. The topological polar surface area (TPSA) is 124 Å². The number of nitrogens with one attached hydrogen (secondary N) is 2. The number of ether oxygens (including phenoxy) is 5. The minimum Gasteiger partial charge on any atom is -0.493 e. The average molecular weight is 476 g/mol. The number of carbonyl (C=O) groups is 1. The number of hydrogen-bond donors (Lipinski definition) is 2. The van der Waals surface area contributed by atoms with Gasteiger partial charge in [-0.25, -0.2) is 0 Å². The molecule has 1 aromatic heterocycles. The largest absolute Gasteiger partial charge is 0.493 e. The summed E-state index contributed by atoms with van der Waals surface area (Å²) in [4.78, 5) is 16.4. The van der Waals surface area contributed by atoms with Crippen LogP contribution in [0.1, 0.15) is 11.1 Å². The number of hydrogen-bond acceptors (Lipinski definition) is 9. The molecule has 10 heteroatoms. The van der Waals surface area contributed by atoms with E-state index in [4.69, 9.17) is 23.7 Å². The van der Waals surface area contributed by atoms with Crippen LogP contribution in [0.5, 0.6) is 23.0 Å². The van der Waals surface area contributed by atoms with Crippen LogP contribution in [0.3, 0.4) is 0 Å². The SMILES string of the molecule is COCCNC(=O)/C=C/c1ccc(Nc2c(C#N)cnc3cc(OC)c(OC)cc23)c2c1OCO2. The van der Waals surface area contributed by atoms with E-state index in [1.807, 2.05) is 0 Å². The van der Waals surface area contributed by atoms with Crippen LogP contribution in [0.25, 0.3) is 17.0 Å². The first-order valence-corrected chi connectivity index (χ1v) is 10.7. The molecule has 1 aliphatic rings. The fourth-order valence-corrected chi connectivity index (χ4v) is 3.62. The Hall–Kier alpha value is -4.49. The summed E-state index contributed by atoms with van der Waals surface area (Å²) in [5, 5.41) is 16.4. The van der Waals surface area contributed by atoms with Gasteiger partial charge in [0.05, 0.1) is 43.3 Å². The average Bonchev–Trinajstić information content (AvgIpc) is 3.38. The highest BCUT2D eigenvalue weighted by molar-refractivity contribution is 5.98. The van der Waals surface area contributed by atoms with Crippen LogP contribution in [-0.4, -0.2) is 52.2 Å². The number of aromatic nitrogens is 1. The van der Waals surface area contributed by atoms with Gasteiger partial charge in [0.2, 0.25) is 12.7 Å². The Morgan fingerprint density at radius 2 is 1.94 bits per heavy atom. The number of fused-ring (bicyclic) bond motifs is 2. The predicted molar refractivity (Wildman–Crippen MR) is 129 cm³/mol. The van der Waals surface area contributed by atoms with Crippen LogP contribution in [0.2, 0.25) is 0 Å². The molecule has 0 fully saturated rings. The molecule has 0 radical (unpaired) electrons. The number of nitrogens with zero attached hydrogens (tertiary/aromatic N) is 2. The summed E-state index contributed by atoms with van der Waals surface area (Å²) < 4.78 is 27.1. The Morgan fingerprint density at radius 3 is 2.69 bits per heavy atom. The summed E-state index contributed by atoms with van der Waals surface area (Å²) in [5.41, 5.74) is 2.78. The van der Waals surface area contributed by atoms with E-state index in [0.717, 1.165) is 0 Å². The highest BCUT2D eigenvalue weighted by Crippen LogP contribution is 2.45. The first-order chi connectivity index (χ1) is 17.1. The van der Waals surface area contributed by atoms with Gasteiger partial charge in [-0.15, -0.1) is 0 Å².